The number of ether oxygens (including phenoxy) is 9. The van der Waals surface area contributed by atoms with E-state index in [0.717, 1.165) is 6.08 Å². The van der Waals surface area contributed by atoms with E-state index in [0.29, 0.717) is 11.1 Å². The Balaban J connectivity index is 1.40. The summed E-state index contributed by atoms with van der Waals surface area (Å²) < 4.78 is 50.8. The van der Waals surface area contributed by atoms with E-state index in [2.05, 4.69) is 0 Å². The highest BCUT2D eigenvalue weighted by Crippen LogP contribution is 2.34. The highest BCUT2D eigenvalue weighted by Gasteiger charge is 2.54. The minimum atomic E-state index is -1.80. The summed E-state index contributed by atoms with van der Waals surface area (Å²) in [4.78, 5) is 13.2. The number of phenolic OH excluding ortho intramolecular Hbond substituents is 2. The number of carbonyl (C=O) groups excluding carboxylic acids is 1. The smallest absolute Gasteiger partial charge is 0.331 e. The van der Waals surface area contributed by atoms with Gasteiger partial charge in [0.05, 0.1) is 40.1 Å². The molecule has 3 heterocycles. The lowest BCUT2D eigenvalue weighted by molar-refractivity contribution is -0.381. The topological polar surface area (TPSA) is 282 Å². The van der Waals surface area contributed by atoms with Crippen LogP contribution in [-0.4, -0.2) is 172 Å². The van der Waals surface area contributed by atoms with E-state index in [1.165, 1.54) is 51.5 Å². The Bertz CT molecular complexity index is 1590. The molecule has 2 aromatic rings. The van der Waals surface area contributed by atoms with Crippen LogP contribution in [0.1, 0.15) is 18.1 Å². The lowest BCUT2D eigenvalue weighted by Gasteiger charge is -2.48. The van der Waals surface area contributed by atoms with Gasteiger partial charge >= 0.3 is 5.97 Å². The third-order valence-corrected chi connectivity index (χ3v) is 9.40. The summed E-state index contributed by atoms with van der Waals surface area (Å²) in [5.41, 5.74) is 1.14. The predicted octanol–water partition coefficient (Wildman–Crippen LogP) is -1.95. The molecule has 0 aliphatic carbocycles. The number of hydrogen-bond donors (Lipinski definition) is 9. The Labute approximate surface area is 315 Å². The number of aliphatic hydroxyl groups excluding tert-OH is 7. The van der Waals surface area contributed by atoms with Crippen molar-refractivity contribution in [3.05, 3.63) is 53.6 Å². The van der Waals surface area contributed by atoms with Gasteiger partial charge in [-0.15, -0.1) is 0 Å². The van der Waals surface area contributed by atoms with Gasteiger partial charge in [-0.05, 0) is 54.8 Å². The summed E-state index contributed by atoms with van der Waals surface area (Å²) in [6.45, 7) is 0.118. The molecule has 0 amide bonds. The molecular weight excluding hydrogens is 736 g/mol. The molecular formula is C36H48O19. The average molecular weight is 785 g/mol. The van der Waals surface area contributed by atoms with Crippen LogP contribution in [0.15, 0.2) is 42.5 Å². The van der Waals surface area contributed by atoms with Crippen LogP contribution in [0.2, 0.25) is 0 Å². The van der Waals surface area contributed by atoms with Crippen molar-refractivity contribution in [3.63, 3.8) is 0 Å². The molecule has 3 saturated heterocycles. The first-order chi connectivity index (χ1) is 26.3. The van der Waals surface area contributed by atoms with Gasteiger partial charge in [0.2, 0.25) is 0 Å². The average Bonchev–Trinajstić information content (AvgIpc) is 3.17. The number of rotatable bonds is 14. The monoisotopic (exact) mass is 784 g/mol. The van der Waals surface area contributed by atoms with Crippen molar-refractivity contribution in [2.45, 2.75) is 99.4 Å². The van der Waals surface area contributed by atoms with Crippen molar-refractivity contribution >= 4 is 12.0 Å². The van der Waals surface area contributed by atoms with E-state index in [-0.39, 0.29) is 36.0 Å². The number of benzene rings is 2. The van der Waals surface area contributed by atoms with Gasteiger partial charge in [-0.3, -0.25) is 0 Å². The molecule has 0 radical (unpaired) electrons. The number of hydrogen-bond acceptors (Lipinski definition) is 19. The van der Waals surface area contributed by atoms with Crippen LogP contribution in [0.5, 0.6) is 23.0 Å². The van der Waals surface area contributed by atoms with Crippen LogP contribution in [0, 0.1) is 0 Å². The van der Waals surface area contributed by atoms with Gasteiger partial charge in [-0.25, -0.2) is 4.79 Å². The van der Waals surface area contributed by atoms with Gasteiger partial charge < -0.3 is 88.6 Å². The van der Waals surface area contributed by atoms with Crippen molar-refractivity contribution in [2.24, 2.45) is 0 Å². The fraction of sp³-hybridized carbons (Fsp3) is 0.583. The first-order valence-corrected chi connectivity index (χ1v) is 17.4. The molecule has 2 aromatic carbocycles. The molecule has 5 rings (SSSR count). The molecule has 306 valence electrons. The van der Waals surface area contributed by atoms with E-state index in [1.54, 1.807) is 12.1 Å². The van der Waals surface area contributed by atoms with Crippen LogP contribution >= 0.6 is 0 Å². The quantitative estimate of drug-likeness (QED) is 0.0744. The molecule has 0 spiro atoms. The third-order valence-electron chi connectivity index (χ3n) is 9.40. The molecule has 3 fully saturated rings. The predicted molar refractivity (Wildman–Crippen MR) is 183 cm³/mol. The maximum atomic E-state index is 13.2. The van der Waals surface area contributed by atoms with Crippen LogP contribution < -0.4 is 9.47 Å². The molecule has 14 atom stereocenters. The van der Waals surface area contributed by atoms with Crippen molar-refractivity contribution in [1.29, 1.82) is 0 Å². The van der Waals surface area contributed by atoms with Gasteiger partial charge in [0.1, 0.15) is 54.9 Å². The Morgan fingerprint density at radius 1 is 0.782 bits per heavy atom. The van der Waals surface area contributed by atoms with Gasteiger partial charge in [0, 0.05) is 6.08 Å². The second-order valence-electron chi connectivity index (χ2n) is 13.2. The van der Waals surface area contributed by atoms with E-state index in [4.69, 9.17) is 42.6 Å². The molecule has 3 aliphatic heterocycles. The van der Waals surface area contributed by atoms with Crippen molar-refractivity contribution in [3.8, 4) is 23.0 Å². The van der Waals surface area contributed by atoms with Crippen LogP contribution in [-0.2, 0) is 44.4 Å². The molecule has 9 N–H and O–H groups in total. The third kappa shape index (κ3) is 10.0. The molecule has 19 heteroatoms. The van der Waals surface area contributed by atoms with Crippen LogP contribution in [0.25, 0.3) is 6.08 Å². The minimum Gasteiger partial charge on any atom is -0.504 e. The van der Waals surface area contributed by atoms with E-state index in [1.807, 2.05) is 0 Å². The fourth-order valence-electron chi connectivity index (χ4n) is 6.25. The molecule has 3 aliphatic rings. The van der Waals surface area contributed by atoms with E-state index >= 15 is 0 Å². The summed E-state index contributed by atoms with van der Waals surface area (Å²) >= 11 is 0. The second kappa shape index (κ2) is 19.0. The molecule has 0 unspecified atom stereocenters. The number of phenols is 2. The first kappa shape index (κ1) is 42.5. The Kier molecular flexibility index (Phi) is 14.7. The zero-order valence-electron chi connectivity index (χ0n) is 30.1. The van der Waals surface area contributed by atoms with Gasteiger partial charge in [-0.1, -0.05) is 12.1 Å². The normalized spacial score (nSPS) is 35.4. The van der Waals surface area contributed by atoms with Crippen LogP contribution in [0.3, 0.4) is 0 Å². The zero-order valence-corrected chi connectivity index (χ0v) is 30.1. The second-order valence-corrected chi connectivity index (χ2v) is 13.2. The maximum absolute atomic E-state index is 13.2. The lowest BCUT2D eigenvalue weighted by Crippen LogP contribution is -2.66. The van der Waals surface area contributed by atoms with Crippen molar-refractivity contribution in [2.75, 3.05) is 34.0 Å². The van der Waals surface area contributed by atoms with E-state index < -0.39 is 105 Å². The largest absolute Gasteiger partial charge is 0.504 e. The number of aromatic hydroxyl groups is 2. The van der Waals surface area contributed by atoms with Gasteiger partial charge in [-0.2, -0.15) is 0 Å². The van der Waals surface area contributed by atoms with Crippen molar-refractivity contribution in [1.82, 2.24) is 0 Å². The summed E-state index contributed by atoms with van der Waals surface area (Å²) in [5, 5.41) is 94.3. The highest BCUT2D eigenvalue weighted by atomic mass is 16.8. The van der Waals surface area contributed by atoms with Crippen LogP contribution in [0.4, 0.5) is 0 Å². The zero-order chi connectivity index (χ0) is 40.0. The standard InChI is InChI=1S/C36H48O19/c1-16-26(42)28(44)33(55-34-29(45)27(43)21(40)15-50-34)36(51-16)54-32-30(46)35(49-11-10-18-5-8-20(39)23(13-18)48-3)52-24(14-37)31(32)53-25(41)9-6-17-4-7-19(38)22(12-17)47-2/h4-9,12-13,16,21,24,26-40,42-46H,10-11,14-15H2,1-3H3/b9-6+/t16-,21-,24+,26-,27-,28+,29+,30+,31+,32+,33+,34-,35+,36-/m0/s1. The first-order valence-electron chi connectivity index (χ1n) is 17.4. The highest BCUT2D eigenvalue weighted by molar-refractivity contribution is 5.87. The summed E-state index contributed by atoms with van der Waals surface area (Å²) in [5.74, 6) is -0.802. The van der Waals surface area contributed by atoms with Gasteiger partial charge in [0.15, 0.2) is 48.0 Å². The molecule has 0 aromatic heterocycles. The van der Waals surface area contributed by atoms with Crippen molar-refractivity contribution < 1.29 is 93.4 Å². The van der Waals surface area contributed by atoms with Gasteiger partial charge in [0.25, 0.3) is 0 Å². The Morgan fingerprint density at radius 2 is 1.45 bits per heavy atom. The molecule has 19 nitrogen and oxygen atoms in total. The molecule has 0 saturated carbocycles. The summed E-state index contributed by atoms with van der Waals surface area (Å²) in [6.07, 6.45) is -19.6. The molecule has 55 heavy (non-hydrogen) atoms. The maximum Gasteiger partial charge on any atom is 0.331 e. The fourth-order valence-corrected chi connectivity index (χ4v) is 6.25. The number of methoxy groups -OCH3 is 2. The minimum absolute atomic E-state index is 0.0670. The number of aliphatic hydroxyl groups is 7. The summed E-state index contributed by atoms with van der Waals surface area (Å²) in [6, 6.07) is 8.97. The Morgan fingerprint density at radius 3 is 2.15 bits per heavy atom. The Hall–Kier alpha value is -3.67. The number of carbonyl (C=O) groups is 1. The lowest BCUT2D eigenvalue weighted by atomic mass is 9.96. The summed E-state index contributed by atoms with van der Waals surface area (Å²) in [7, 11) is 2.75. The number of esters is 1. The molecule has 0 bridgehead atoms. The SMILES string of the molecule is COc1cc(/C=C/C(=O)O[C@H]2[C@H](O[C@@H]3O[C@@H](C)[C@H](O)[C@@H](O)[C@H]3O[C@@H]3OC[C@H](O)[C@H](O)[C@H]3O)[C@@H](O)[C@H](OCCc3ccc(O)c(OC)c3)O[C@@H]2CO)ccc1O. The van der Waals surface area contributed by atoms with E-state index in [9.17, 15) is 50.8 Å².